The molecule has 0 aromatic carbocycles. The van der Waals surface area contributed by atoms with Crippen LogP contribution in [0, 0.1) is 17.8 Å². The van der Waals surface area contributed by atoms with E-state index in [1.54, 1.807) is 0 Å². The first kappa shape index (κ1) is 21.4. The van der Waals surface area contributed by atoms with Crippen LogP contribution in [0.5, 0.6) is 0 Å². The first-order valence-corrected chi connectivity index (χ1v) is 10.2. The fourth-order valence-electron chi connectivity index (χ4n) is 4.12. The van der Waals surface area contributed by atoms with E-state index in [2.05, 4.69) is 16.0 Å². The smallest absolute Gasteiger partial charge is 0.243 e. The predicted octanol–water partition coefficient (Wildman–Crippen LogP) is 1.31. The largest absolute Gasteiger partial charge is 0.356 e. The molecule has 0 aromatic heterocycles. The highest BCUT2D eigenvalue weighted by Gasteiger charge is 2.34. The highest BCUT2D eigenvalue weighted by Crippen LogP contribution is 2.29. The number of amides is 3. The second-order valence-corrected chi connectivity index (χ2v) is 8.28. The van der Waals surface area contributed by atoms with Crippen LogP contribution in [0.1, 0.15) is 65.2 Å². The van der Waals surface area contributed by atoms with Crippen molar-refractivity contribution in [2.24, 2.45) is 17.8 Å². The summed E-state index contributed by atoms with van der Waals surface area (Å²) in [4.78, 5) is 48.8. The number of aldehydes is 1. The molecule has 0 bridgehead atoms. The van der Waals surface area contributed by atoms with Crippen molar-refractivity contribution in [2.45, 2.75) is 77.3 Å². The van der Waals surface area contributed by atoms with Gasteiger partial charge in [0.25, 0.3) is 0 Å². The van der Waals surface area contributed by atoms with Crippen molar-refractivity contribution in [1.82, 2.24) is 16.0 Å². The van der Waals surface area contributed by atoms with Crippen LogP contribution in [0.4, 0.5) is 0 Å². The van der Waals surface area contributed by atoms with Gasteiger partial charge in [0.1, 0.15) is 12.3 Å². The van der Waals surface area contributed by atoms with Crippen LogP contribution in [-0.2, 0) is 19.2 Å². The molecule has 0 unspecified atom stereocenters. The lowest BCUT2D eigenvalue weighted by Gasteiger charge is -2.33. The van der Waals surface area contributed by atoms with Crippen LogP contribution in [-0.4, -0.2) is 42.6 Å². The minimum atomic E-state index is -0.719. The lowest BCUT2D eigenvalue weighted by molar-refractivity contribution is -0.132. The van der Waals surface area contributed by atoms with Gasteiger partial charge in [-0.15, -0.1) is 0 Å². The van der Waals surface area contributed by atoms with Gasteiger partial charge in [-0.25, -0.2) is 0 Å². The lowest BCUT2D eigenvalue weighted by Crippen LogP contribution is -2.52. The van der Waals surface area contributed by atoms with Crippen molar-refractivity contribution in [3.8, 4) is 0 Å². The molecule has 7 heteroatoms. The Balaban J connectivity index is 2.16. The molecule has 0 aliphatic carbocycles. The van der Waals surface area contributed by atoms with E-state index in [0.29, 0.717) is 32.1 Å². The minimum absolute atomic E-state index is 0.0218. The molecule has 4 atom stereocenters. The fourth-order valence-corrected chi connectivity index (χ4v) is 4.12. The predicted molar refractivity (Wildman–Crippen MR) is 102 cm³/mol. The van der Waals surface area contributed by atoms with Crippen LogP contribution in [0.2, 0.25) is 0 Å². The Hall–Kier alpha value is -1.92. The molecule has 2 fully saturated rings. The summed E-state index contributed by atoms with van der Waals surface area (Å²) in [6.07, 6.45) is 6.41. The van der Waals surface area contributed by atoms with Gasteiger partial charge in [-0.2, -0.15) is 0 Å². The second-order valence-electron chi connectivity index (χ2n) is 8.28. The fraction of sp³-hybridized carbons (Fsp3) is 0.800. The van der Waals surface area contributed by atoms with Gasteiger partial charge < -0.3 is 20.7 Å². The van der Waals surface area contributed by atoms with Crippen molar-refractivity contribution in [2.75, 3.05) is 6.54 Å². The molecule has 2 rings (SSSR count). The summed E-state index contributed by atoms with van der Waals surface area (Å²) in [5.41, 5.74) is 0. The summed E-state index contributed by atoms with van der Waals surface area (Å²) < 4.78 is 0. The van der Waals surface area contributed by atoms with E-state index in [1.807, 2.05) is 13.8 Å². The molecule has 2 aliphatic rings. The maximum absolute atomic E-state index is 12.7. The van der Waals surface area contributed by atoms with Crippen LogP contribution in [0.3, 0.4) is 0 Å². The first-order chi connectivity index (χ1) is 12.9. The molecule has 0 aromatic rings. The monoisotopic (exact) mass is 379 g/mol. The quantitative estimate of drug-likeness (QED) is 0.643. The molecule has 3 amide bonds. The topological polar surface area (TPSA) is 104 Å². The van der Waals surface area contributed by atoms with E-state index < -0.39 is 12.1 Å². The summed E-state index contributed by atoms with van der Waals surface area (Å²) in [5, 5.41) is 8.45. The van der Waals surface area contributed by atoms with Gasteiger partial charge in [-0.1, -0.05) is 26.7 Å². The highest BCUT2D eigenvalue weighted by atomic mass is 16.2. The molecule has 0 saturated carbocycles. The van der Waals surface area contributed by atoms with Gasteiger partial charge in [0.2, 0.25) is 17.7 Å². The van der Waals surface area contributed by atoms with E-state index in [4.69, 9.17) is 0 Å². The summed E-state index contributed by atoms with van der Waals surface area (Å²) >= 11 is 0. The maximum atomic E-state index is 12.7. The molecule has 2 heterocycles. The van der Waals surface area contributed by atoms with Crippen LogP contribution < -0.4 is 16.0 Å². The molecule has 27 heavy (non-hydrogen) atoms. The number of fused-ring (bicyclic) bond motifs is 1. The molecular formula is C20H33N3O4. The van der Waals surface area contributed by atoms with Crippen molar-refractivity contribution < 1.29 is 19.2 Å². The van der Waals surface area contributed by atoms with Gasteiger partial charge in [-0.3, -0.25) is 14.4 Å². The lowest BCUT2D eigenvalue weighted by atomic mass is 9.78. The average Bonchev–Trinajstić information content (AvgIpc) is 2.61. The Labute approximate surface area is 161 Å². The number of nitrogens with one attached hydrogen (secondary N) is 3. The summed E-state index contributed by atoms with van der Waals surface area (Å²) in [6, 6.07) is -1.37. The van der Waals surface area contributed by atoms with Crippen LogP contribution in [0.25, 0.3) is 0 Å². The van der Waals surface area contributed by atoms with Crippen molar-refractivity contribution in [3.63, 3.8) is 0 Å². The Morgan fingerprint density at radius 3 is 2.52 bits per heavy atom. The zero-order chi connectivity index (χ0) is 19.8. The average molecular weight is 380 g/mol. The molecule has 0 radical (unpaired) electrons. The van der Waals surface area contributed by atoms with E-state index in [9.17, 15) is 19.2 Å². The Morgan fingerprint density at radius 1 is 1.04 bits per heavy atom. The number of hydrogen-bond donors (Lipinski definition) is 3. The standard InChI is InChI=1S/C20H33N3O4/c1-13(2)10-17-20(27)22-15(12-24)11-16-14(8-9-21-19(16)26)6-4-3-5-7-18(25)23-17/h12-17H,3-11H2,1-2H3,(H,21,26)(H,22,27)(H,23,25)/t14-,15+,16+,17+/m1/s1. The maximum Gasteiger partial charge on any atom is 0.243 e. The third kappa shape index (κ3) is 6.63. The van der Waals surface area contributed by atoms with Crippen LogP contribution in [0.15, 0.2) is 0 Å². The highest BCUT2D eigenvalue weighted by molar-refractivity contribution is 5.89. The third-order valence-electron chi connectivity index (χ3n) is 5.56. The second kappa shape index (κ2) is 10.4. The van der Waals surface area contributed by atoms with Gasteiger partial charge in [-0.05, 0) is 43.9 Å². The van der Waals surface area contributed by atoms with E-state index in [0.717, 1.165) is 32.1 Å². The van der Waals surface area contributed by atoms with Crippen molar-refractivity contribution >= 4 is 24.0 Å². The number of hydrogen-bond acceptors (Lipinski definition) is 4. The Bertz CT molecular complexity index is 549. The molecule has 3 N–H and O–H groups in total. The van der Waals surface area contributed by atoms with Crippen LogP contribution >= 0.6 is 0 Å². The van der Waals surface area contributed by atoms with Gasteiger partial charge in [0.15, 0.2) is 0 Å². The molecule has 2 saturated heterocycles. The first-order valence-electron chi connectivity index (χ1n) is 10.2. The Kier molecular flexibility index (Phi) is 8.25. The number of piperidine rings is 1. The van der Waals surface area contributed by atoms with Gasteiger partial charge >= 0.3 is 0 Å². The number of carbonyl (C=O) groups excluding carboxylic acids is 4. The van der Waals surface area contributed by atoms with Gasteiger partial charge in [0, 0.05) is 18.9 Å². The van der Waals surface area contributed by atoms with E-state index >= 15 is 0 Å². The molecule has 2 aliphatic heterocycles. The molecular weight excluding hydrogens is 346 g/mol. The summed E-state index contributed by atoms with van der Waals surface area (Å²) in [7, 11) is 0. The molecule has 0 spiro atoms. The van der Waals surface area contributed by atoms with Crippen molar-refractivity contribution in [1.29, 1.82) is 0 Å². The molecule has 7 nitrogen and oxygen atoms in total. The Morgan fingerprint density at radius 2 is 1.81 bits per heavy atom. The number of rotatable bonds is 3. The summed E-state index contributed by atoms with van der Waals surface area (Å²) in [5.74, 6) is -0.296. The SMILES string of the molecule is CC(C)C[C@@H]1NC(=O)CCCCC[C@@H]2CCNC(=O)[C@H]2C[C@@H](C=O)NC1=O. The zero-order valence-electron chi connectivity index (χ0n) is 16.5. The van der Waals surface area contributed by atoms with E-state index in [1.165, 1.54) is 0 Å². The third-order valence-corrected chi connectivity index (χ3v) is 5.56. The molecule has 152 valence electrons. The van der Waals surface area contributed by atoms with Gasteiger partial charge in [0.05, 0.1) is 6.04 Å². The minimum Gasteiger partial charge on any atom is -0.356 e. The van der Waals surface area contributed by atoms with Crippen molar-refractivity contribution in [3.05, 3.63) is 0 Å². The number of carbonyl (C=O) groups is 4. The van der Waals surface area contributed by atoms with E-state index in [-0.39, 0.29) is 35.5 Å². The zero-order valence-corrected chi connectivity index (χ0v) is 16.5. The summed E-state index contributed by atoms with van der Waals surface area (Å²) in [6.45, 7) is 4.63. The normalized spacial score (nSPS) is 31.1.